The van der Waals surface area contributed by atoms with E-state index in [0.29, 0.717) is 5.11 Å². The molecular formula is C15H23N3OS. The van der Waals surface area contributed by atoms with Crippen molar-refractivity contribution in [3.63, 3.8) is 0 Å². The summed E-state index contributed by atoms with van der Waals surface area (Å²) in [6, 6.07) is 8.14. The topological polar surface area (TPSA) is 45.7 Å². The number of benzene rings is 1. The molecule has 5 heteroatoms. The first-order chi connectivity index (χ1) is 9.38. The molecule has 110 valence electrons. The van der Waals surface area contributed by atoms with Crippen LogP contribution in [0.5, 0.6) is 5.75 Å². The first kappa shape index (κ1) is 16.4. The molecule has 0 heterocycles. The molecule has 0 saturated heterocycles. The maximum atomic E-state index is 5.60. The fourth-order valence-electron chi connectivity index (χ4n) is 1.54. The van der Waals surface area contributed by atoms with Gasteiger partial charge in [-0.2, -0.15) is 5.10 Å². The van der Waals surface area contributed by atoms with Gasteiger partial charge >= 0.3 is 0 Å². The van der Waals surface area contributed by atoms with Gasteiger partial charge in [0, 0.05) is 6.04 Å². The van der Waals surface area contributed by atoms with Crippen molar-refractivity contribution in [1.82, 2.24) is 10.7 Å². The van der Waals surface area contributed by atoms with Gasteiger partial charge in [0.05, 0.1) is 11.8 Å². The van der Waals surface area contributed by atoms with E-state index < -0.39 is 0 Å². The van der Waals surface area contributed by atoms with Crippen molar-refractivity contribution in [3.8, 4) is 5.75 Å². The average molecular weight is 293 g/mol. The summed E-state index contributed by atoms with van der Waals surface area (Å²) in [5.74, 6) is 0.863. The van der Waals surface area contributed by atoms with Gasteiger partial charge in [0.2, 0.25) is 0 Å². The smallest absolute Gasteiger partial charge is 0.187 e. The third-order valence-electron chi connectivity index (χ3n) is 2.39. The molecule has 0 fully saturated rings. The average Bonchev–Trinajstić information content (AvgIpc) is 2.35. The molecule has 0 unspecified atom stereocenters. The van der Waals surface area contributed by atoms with Crippen LogP contribution in [-0.4, -0.2) is 23.0 Å². The largest absolute Gasteiger partial charge is 0.491 e. The highest BCUT2D eigenvalue weighted by Crippen LogP contribution is 2.14. The van der Waals surface area contributed by atoms with Gasteiger partial charge in [-0.05, 0) is 76.7 Å². The van der Waals surface area contributed by atoms with E-state index in [0.717, 1.165) is 17.0 Å². The third kappa shape index (κ3) is 6.02. The zero-order chi connectivity index (χ0) is 15.1. The van der Waals surface area contributed by atoms with Gasteiger partial charge in [0.15, 0.2) is 5.11 Å². The van der Waals surface area contributed by atoms with E-state index >= 15 is 0 Å². The normalized spacial score (nSPS) is 11.7. The fraction of sp³-hybridized carbons (Fsp3) is 0.467. The van der Waals surface area contributed by atoms with E-state index in [4.69, 9.17) is 17.0 Å². The first-order valence-corrected chi connectivity index (χ1v) is 7.17. The van der Waals surface area contributed by atoms with Crippen LogP contribution < -0.4 is 15.5 Å². The number of hydrazone groups is 1. The summed E-state index contributed by atoms with van der Waals surface area (Å²) in [7, 11) is 0. The predicted molar refractivity (Wildman–Crippen MR) is 88.4 cm³/mol. The summed E-state index contributed by atoms with van der Waals surface area (Å²) >= 11 is 5.12. The van der Waals surface area contributed by atoms with Crippen LogP contribution in [0.1, 0.15) is 40.2 Å². The van der Waals surface area contributed by atoms with Crippen LogP contribution in [0.15, 0.2) is 29.4 Å². The zero-order valence-electron chi connectivity index (χ0n) is 12.7. The van der Waals surface area contributed by atoms with Crippen LogP contribution in [0.2, 0.25) is 0 Å². The van der Waals surface area contributed by atoms with E-state index in [9.17, 15) is 0 Å². The van der Waals surface area contributed by atoms with Gasteiger partial charge in [-0.1, -0.05) is 0 Å². The van der Waals surface area contributed by atoms with Crippen molar-refractivity contribution in [3.05, 3.63) is 29.8 Å². The summed E-state index contributed by atoms with van der Waals surface area (Å²) in [6.07, 6.45) is 0.178. The minimum atomic E-state index is 0.178. The molecule has 0 spiro atoms. The van der Waals surface area contributed by atoms with Gasteiger partial charge < -0.3 is 10.1 Å². The van der Waals surface area contributed by atoms with Crippen LogP contribution in [0, 0.1) is 0 Å². The zero-order valence-corrected chi connectivity index (χ0v) is 13.5. The molecule has 0 bridgehead atoms. The fourth-order valence-corrected chi connectivity index (χ4v) is 1.82. The van der Waals surface area contributed by atoms with E-state index in [2.05, 4.69) is 15.8 Å². The molecule has 0 atom stereocenters. The monoisotopic (exact) mass is 293 g/mol. The molecular weight excluding hydrogens is 270 g/mol. The maximum Gasteiger partial charge on any atom is 0.187 e. The second-order valence-corrected chi connectivity index (χ2v) is 5.54. The molecule has 1 rings (SSSR count). The lowest BCUT2D eigenvalue weighted by atomic mass is 10.1. The standard InChI is InChI=1S/C15H23N3OS/c1-10(2)16-15(20)18-17-12(5)13-6-8-14(9-7-13)19-11(3)4/h6-11H,1-5H3,(H2,16,18,20)/b17-12-. The highest BCUT2D eigenvalue weighted by molar-refractivity contribution is 7.80. The van der Waals surface area contributed by atoms with Gasteiger partial charge in [0.1, 0.15) is 5.75 Å². The number of thiocarbonyl (C=S) groups is 1. The molecule has 0 saturated carbocycles. The van der Waals surface area contributed by atoms with E-state index in [1.807, 2.05) is 58.9 Å². The van der Waals surface area contributed by atoms with E-state index in [1.165, 1.54) is 0 Å². The van der Waals surface area contributed by atoms with Gasteiger partial charge in [-0.3, -0.25) is 5.43 Å². The Kier molecular flexibility index (Phi) is 6.45. The number of hydrogen-bond donors (Lipinski definition) is 2. The summed E-state index contributed by atoms with van der Waals surface area (Å²) in [6.45, 7) is 10.00. The van der Waals surface area contributed by atoms with Crippen molar-refractivity contribution >= 4 is 23.0 Å². The highest BCUT2D eigenvalue weighted by atomic mass is 32.1. The van der Waals surface area contributed by atoms with Crippen molar-refractivity contribution < 1.29 is 4.74 Å². The van der Waals surface area contributed by atoms with Crippen molar-refractivity contribution in [2.45, 2.75) is 46.8 Å². The summed E-state index contributed by atoms with van der Waals surface area (Å²) in [5.41, 5.74) is 4.73. The second-order valence-electron chi connectivity index (χ2n) is 5.13. The van der Waals surface area contributed by atoms with E-state index in [1.54, 1.807) is 0 Å². The third-order valence-corrected chi connectivity index (χ3v) is 2.60. The first-order valence-electron chi connectivity index (χ1n) is 6.76. The lowest BCUT2D eigenvalue weighted by Crippen LogP contribution is -2.37. The lowest BCUT2D eigenvalue weighted by molar-refractivity contribution is 0.242. The Morgan fingerprint density at radius 1 is 1.15 bits per heavy atom. The van der Waals surface area contributed by atoms with Gasteiger partial charge in [0.25, 0.3) is 0 Å². The minimum absolute atomic E-state index is 0.178. The number of rotatable bonds is 5. The quantitative estimate of drug-likeness (QED) is 0.497. The Hall–Kier alpha value is -1.62. The van der Waals surface area contributed by atoms with Gasteiger partial charge in [-0.15, -0.1) is 0 Å². The Labute approximate surface area is 126 Å². The van der Waals surface area contributed by atoms with Crippen molar-refractivity contribution in [2.75, 3.05) is 0 Å². The molecule has 0 radical (unpaired) electrons. The molecule has 1 aromatic carbocycles. The number of hydrogen-bond acceptors (Lipinski definition) is 3. The molecule has 4 nitrogen and oxygen atoms in total. The molecule has 0 aliphatic heterocycles. The van der Waals surface area contributed by atoms with Crippen LogP contribution >= 0.6 is 12.2 Å². The van der Waals surface area contributed by atoms with Crippen LogP contribution in [0.25, 0.3) is 0 Å². The Bertz CT molecular complexity index is 467. The van der Waals surface area contributed by atoms with Crippen LogP contribution in [0.4, 0.5) is 0 Å². The predicted octanol–water partition coefficient (Wildman–Crippen LogP) is 3.07. The molecule has 0 aromatic heterocycles. The highest BCUT2D eigenvalue weighted by Gasteiger charge is 2.01. The second kappa shape index (κ2) is 7.85. The molecule has 2 N–H and O–H groups in total. The number of nitrogens with one attached hydrogen (secondary N) is 2. The molecule has 0 aliphatic carbocycles. The Morgan fingerprint density at radius 3 is 2.25 bits per heavy atom. The number of ether oxygens (including phenoxy) is 1. The maximum absolute atomic E-state index is 5.60. The Morgan fingerprint density at radius 2 is 1.75 bits per heavy atom. The Balaban J connectivity index is 2.62. The molecule has 0 aliphatic rings. The lowest BCUT2D eigenvalue weighted by Gasteiger charge is -2.11. The molecule has 0 amide bonds. The summed E-state index contributed by atoms with van der Waals surface area (Å²) in [5, 5.41) is 7.86. The number of nitrogens with zero attached hydrogens (tertiary/aromatic N) is 1. The SMILES string of the molecule is C/C(=N/NC(=S)NC(C)C)c1ccc(OC(C)C)cc1. The van der Waals surface area contributed by atoms with Crippen LogP contribution in [-0.2, 0) is 0 Å². The summed E-state index contributed by atoms with van der Waals surface area (Å²) < 4.78 is 5.60. The summed E-state index contributed by atoms with van der Waals surface area (Å²) in [4.78, 5) is 0. The van der Waals surface area contributed by atoms with Crippen LogP contribution in [0.3, 0.4) is 0 Å². The van der Waals surface area contributed by atoms with Crippen molar-refractivity contribution in [2.24, 2.45) is 5.10 Å². The van der Waals surface area contributed by atoms with Crippen molar-refractivity contribution in [1.29, 1.82) is 0 Å². The molecule has 1 aromatic rings. The van der Waals surface area contributed by atoms with E-state index in [-0.39, 0.29) is 12.1 Å². The van der Waals surface area contributed by atoms with Gasteiger partial charge in [-0.25, -0.2) is 0 Å². The molecule has 20 heavy (non-hydrogen) atoms. The minimum Gasteiger partial charge on any atom is -0.491 e.